The molecule has 2 N–H and O–H groups in total. The van der Waals surface area contributed by atoms with Gasteiger partial charge in [0.1, 0.15) is 11.6 Å². The van der Waals surface area contributed by atoms with Crippen molar-refractivity contribution in [2.75, 3.05) is 0 Å². The number of fused-ring (bicyclic) bond motifs is 3. The molecular weight excluding hydrogens is 292 g/mol. The second-order valence-electron chi connectivity index (χ2n) is 8.94. The van der Waals surface area contributed by atoms with Gasteiger partial charge in [0.2, 0.25) is 0 Å². The van der Waals surface area contributed by atoms with Gasteiger partial charge in [-0.3, -0.25) is 9.59 Å². The standard InChI is InChI=1S/C19H30O4/c1-11-8-15(21)19(3,7-5-16(22)23)13-4-6-18(2)10-12(20)9-14(18)17(11)13/h11,13-14,16-17,22-23H,4-10H2,1-3H3/t11-,13?,14?,17?,18+,19+/m0/s1. The molecule has 4 heteroatoms. The van der Waals surface area contributed by atoms with Crippen LogP contribution in [0.1, 0.15) is 65.7 Å². The molecule has 3 aliphatic rings. The Hall–Kier alpha value is -0.740. The SMILES string of the molecule is C[C@H]1CC(=O)[C@](C)(CCC(O)O)C2CC[C@]3(C)CC(=O)CC3C21. The van der Waals surface area contributed by atoms with Crippen molar-refractivity contribution in [3.8, 4) is 0 Å². The molecule has 3 saturated carbocycles. The van der Waals surface area contributed by atoms with Gasteiger partial charge in [-0.05, 0) is 54.8 Å². The van der Waals surface area contributed by atoms with E-state index in [0.29, 0.717) is 49.2 Å². The zero-order valence-electron chi connectivity index (χ0n) is 14.5. The maximum Gasteiger partial charge on any atom is 0.151 e. The van der Waals surface area contributed by atoms with Gasteiger partial charge in [-0.25, -0.2) is 0 Å². The molecule has 3 aliphatic carbocycles. The first-order valence-electron chi connectivity index (χ1n) is 9.08. The van der Waals surface area contributed by atoms with Gasteiger partial charge in [-0.15, -0.1) is 0 Å². The first-order chi connectivity index (χ1) is 10.7. The van der Waals surface area contributed by atoms with Crippen LogP contribution >= 0.6 is 0 Å². The Bertz CT molecular complexity index is 513. The first-order valence-corrected chi connectivity index (χ1v) is 9.08. The zero-order valence-corrected chi connectivity index (χ0v) is 14.5. The van der Waals surface area contributed by atoms with Crippen LogP contribution in [0.3, 0.4) is 0 Å². The van der Waals surface area contributed by atoms with Gasteiger partial charge >= 0.3 is 0 Å². The summed E-state index contributed by atoms with van der Waals surface area (Å²) in [7, 11) is 0. The lowest BCUT2D eigenvalue weighted by molar-refractivity contribution is -0.152. The van der Waals surface area contributed by atoms with Gasteiger partial charge < -0.3 is 10.2 Å². The third-order valence-corrected chi connectivity index (χ3v) is 7.44. The van der Waals surface area contributed by atoms with Crippen molar-refractivity contribution in [1.29, 1.82) is 0 Å². The Kier molecular flexibility index (Phi) is 4.21. The molecule has 0 saturated heterocycles. The summed E-state index contributed by atoms with van der Waals surface area (Å²) >= 11 is 0. The predicted octanol–water partition coefficient (Wildman–Crippen LogP) is 2.70. The van der Waals surface area contributed by atoms with Crippen LogP contribution < -0.4 is 0 Å². The van der Waals surface area contributed by atoms with Crippen molar-refractivity contribution in [1.82, 2.24) is 0 Å². The molecule has 130 valence electrons. The zero-order chi connectivity index (χ0) is 17.0. The molecule has 0 bridgehead atoms. The van der Waals surface area contributed by atoms with Crippen LogP contribution in [0.4, 0.5) is 0 Å². The van der Waals surface area contributed by atoms with E-state index in [4.69, 9.17) is 0 Å². The van der Waals surface area contributed by atoms with Crippen LogP contribution in [0.2, 0.25) is 0 Å². The van der Waals surface area contributed by atoms with Gasteiger partial charge in [0, 0.05) is 24.7 Å². The number of rotatable bonds is 3. The Labute approximate surface area is 138 Å². The summed E-state index contributed by atoms with van der Waals surface area (Å²) < 4.78 is 0. The molecule has 0 aromatic carbocycles. The molecule has 0 aromatic heterocycles. The number of carbonyl (C=O) groups is 2. The predicted molar refractivity (Wildman–Crippen MR) is 86.4 cm³/mol. The number of aliphatic hydroxyl groups is 2. The van der Waals surface area contributed by atoms with E-state index >= 15 is 0 Å². The lowest BCUT2D eigenvalue weighted by Gasteiger charge is -2.56. The fourth-order valence-corrected chi connectivity index (χ4v) is 6.14. The van der Waals surface area contributed by atoms with Crippen molar-refractivity contribution in [3.63, 3.8) is 0 Å². The van der Waals surface area contributed by atoms with Crippen LogP contribution in [0.15, 0.2) is 0 Å². The number of aliphatic hydroxyl groups excluding tert-OH is 1. The lowest BCUT2D eigenvalue weighted by atomic mass is 9.47. The van der Waals surface area contributed by atoms with Crippen LogP contribution in [0.25, 0.3) is 0 Å². The van der Waals surface area contributed by atoms with Crippen molar-refractivity contribution >= 4 is 11.6 Å². The molecule has 0 amide bonds. The van der Waals surface area contributed by atoms with Crippen molar-refractivity contribution in [3.05, 3.63) is 0 Å². The number of hydrogen-bond acceptors (Lipinski definition) is 4. The number of Topliss-reactive ketones (excluding diaryl/α,β-unsaturated/α-hetero) is 2. The van der Waals surface area contributed by atoms with Gasteiger partial charge in [0.05, 0.1) is 0 Å². The molecule has 3 unspecified atom stereocenters. The summed E-state index contributed by atoms with van der Waals surface area (Å²) in [4.78, 5) is 24.9. The molecule has 4 nitrogen and oxygen atoms in total. The lowest BCUT2D eigenvalue weighted by Crippen LogP contribution is -2.54. The fourth-order valence-electron chi connectivity index (χ4n) is 6.14. The molecule has 0 aromatic rings. The van der Waals surface area contributed by atoms with Gasteiger partial charge in [0.15, 0.2) is 6.29 Å². The Morgan fingerprint density at radius 1 is 1.17 bits per heavy atom. The minimum atomic E-state index is -1.35. The monoisotopic (exact) mass is 322 g/mol. The van der Waals surface area contributed by atoms with Crippen LogP contribution in [0.5, 0.6) is 0 Å². The molecule has 0 aliphatic heterocycles. The summed E-state index contributed by atoms with van der Waals surface area (Å²) in [6.45, 7) is 6.46. The van der Waals surface area contributed by atoms with E-state index < -0.39 is 11.7 Å². The summed E-state index contributed by atoms with van der Waals surface area (Å²) in [5.41, 5.74) is -0.349. The summed E-state index contributed by atoms with van der Waals surface area (Å²) in [5.74, 6) is 2.08. The molecule has 0 spiro atoms. The van der Waals surface area contributed by atoms with E-state index in [-0.39, 0.29) is 23.5 Å². The van der Waals surface area contributed by atoms with Crippen molar-refractivity contribution in [2.45, 2.75) is 72.0 Å². The average molecular weight is 322 g/mol. The second-order valence-corrected chi connectivity index (χ2v) is 8.94. The van der Waals surface area contributed by atoms with E-state index in [1.165, 1.54) is 0 Å². The molecule has 0 heterocycles. The van der Waals surface area contributed by atoms with Crippen LogP contribution in [-0.2, 0) is 9.59 Å². The highest BCUT2D eigenvalue weighted by Gasteiger charge is 2.60. The highest BCUT2D eigenvalue weighted by molar-refractivity contribution is 5.86. The van der Waals surface area contributed by atoms with Gasteiger partial charge in [-0.1, -0.05) is 20.8 Å². The number of ketones is 2. The largest absolute Gasteiger partial charge is 0.368 e. The van der Waals surface area contributed by atoms with E-state index in [0.717, 1.165) is 12.8 Å². The van der Waals surface area contributed by atoms with E-state index in [1.54, 1.807) is 0 Å². The van der Waals surface area contributed by atoms with E-state index in [2.05, 4.69) is 13.8 Å². The minimum Gasteiger partial charge on any atom is -0.368 e. The highest BCUT2D eigenvalue weighted by Crippen LogP contribution is 2.63. The highest BCUT2D eigenvalue weighted by atomic mass is 16.5. The quantitative estimate of drug-likeness (QED) is 0.784. The van der Waals surface area contributed by atoms with Crippen molar-refractivity contribution in [2.24, 2.45) is 34.5 Å². The molecule has 6 atom stereocenters. The summed E-state index contributed by atoms with van der Waals surface area (Å²) in [6.07, 6.45) is 3.39. The average Bonchev–Trinajstić information content (AvgIpc) is 2.76. The topological polar surface area (TPSA) is 74.6 Å². The summed E-state index contributed by atoms with van der Waals surface area (Å²) in [6, 6.07) is 0. The van der Waals surface area contributed by atoms with Gasteiger partial charge in [0.25, 0.3) is 0 Å². The normalized spacial score (nSPS) is 46.9. The van der Waals surface area contributed by atoms with E-state index in [9.17, 15) is 19.8 Å². The second kappa shape index (κ2) is 5.66. The smallest absolute Gasteiger partial charge is 0.151 e. The third kappa shape index (κ3) is 2.68. The molecule has 3 fully saturated rings. The van der Waals surface area contributed by atoms with Crippen LogP contribution in [-0.4, -0.2) is 28.1 Å². The molecule has 0 radical (unpaired) electrons. The minimum absolute atomic E-state index is 0.115. The molecular formula is C19H30O4. The fraction of sp³-hybridized carbons (Fsp3) is 0.895. The van der Waals surface area contributed by atoms with E-state index in [1.807, 2.05) is 6.92 Å². The Balaban J connectivity index is 1.91. The molecule has 3 rings (SSSR count). The first kappa shape index (κ1) is 17.1. The Morgan fingerprint density at radius 3 is 2.52 bits per heavy atom. The maximum absolute atomic E-state index is 12.8. The Morgan fingerprint density at radius 2 is 1.87 bits per heavy atom. The maximum atomic E-state index is 12.8. The third-order valence-electron chi connectivity index (χ3n) is 7.44. The van der Waals surface area contributed by atoms with Crippen molar-refractivity contribution < 1.29 is 19.8 Å². The number of hydrogen-bond donors (Lipinski definition) is 2. The van der Waals surface area contributed by atoms with Crippen LogP contribution in [0, 0.1) is 34.5 Å². The van der Waals surface area contributed by atoms with Gasteiger partial charge in [-0.2, -0.15) is 0 Å². The summed E-state index contributed by atoms with van der Waals surface area (Å²) in [5, 5.41) is 18.5. The number of carbonyl (C=O) groups excluding carboxylic acids is 2. The molecule has 23 heavy (non-hydrogen) atoms.